The zero-order valence-electron chi connectivity index (χ0n) is 18.0. The summed E-state index contributed by atoms with van der Waals surface area (Å²) < 4.78 is 0. The van der Waals surface area contributed by atoms with Gasteiger partial charge in [-0.05, 0) is 55.3 Å². The van der Waals surface area contributed by atoms with Crippen LogP contribution in [-0.2, 0) is 10.2 Å². The van der Waals surface area contributed by atoms with Crippen molar-refractivity contribution in [3.63, 3.8) is 0 Å². The fraction of sp³-hybridized carbons (Fsp3) is 0.208. The number of aliphatic hydroxyl groups is 1. The second kappa shape index (κ2) is 7.75. The molecule has 0 saturated carbocycles. The van der Waals surface area contributed by atoms with E-state index in [-0.39, 0.29) is 18.0 Å². The molecule has 0 fully saturated rings. The van der Waals surface area contributed by atoms with Gasteiger partial charge in [-0.15, -0.1) is 0 Å². The van der Waals surface area contributed by atoms with Crippen LogP contribution >= 0.6 is 11.6 Å². The molecule has 0 bridgehead atoms. The van der Waals surface area contributed by atoms with Crippen molar-refractivity contribution >= 4 is 39.9 Å². The van der Waals surface area contributed by atoms with Crippen molar-refractivity contribution in [2.75, 3.05) is 17.2 Å². The zero-order chi connectivity index (χ0) is 23.3. The molecule has 1 atom stereocenters. The van der Waals surface area contributed by atoms with E-state index in [1.807, 2.05) is 26.0 Å². The van der Waals surface area contributed by atoms with Gasteiger partial charge in [0.15, 0.2) is 0 Å². The van der Waals surface area contributed by atoms with E-state index in [1.165, 1.54) is 6.20 Å². The number of carbonyl (C=O) groups is 1. The van der Waals surface area contributed by atoms with Gasteiger partial charge in [0.05, 0.1) is 28.2 Å². The number of halogens is 1. The summed E-state index contributed by atoms with van der Waals surface area (Å²) in [4.78, 5) is 35.5. The van der Waals surface area contributed by atoms with Crippen molar-refractivity contribution in [3.05, 3.63) is 75.2 Å². The third-order valence-corrected chi connectivity index (χ3v) is 6.26. The lowest BCUT2D eigenvalue weighted by molar-refractivity contribution is -0.119. The molecule has 8 nitrogen and oxygen atoms in total. The summed E-state index contributed by atoms with van der Waals surface area (Å²) in [6, 6.07) is 12.4. The largest absolute Gasteiger partial charge is 0.387 e. The number of aromatic nitrogens is 3. The first kappa shape index (κ1) is 21.2. The van der Waals surface area contributed by atoms with Crippen LogP contribution in [0, 0.1) is 0 Å². The van der Waals surface area contributed by atoms with Crippen molar-refractivity contribution in [1.82, 2.24) is 15.0 Å². The van der Waals surface area contributed by atoms with Gasteiger partial charge in [0.25, 0.3) is 5.56 Å². The van der Waals surface area contributed by atoms with E-state index in [2.05, 4.69) is 25.6 Å². The van der Waals surface area contributed by atoms with Gasteiger partial charge in [0, 0.05) is 23.5 Å². The number of aromatic amines is 2. The Balaban J connectivity index is 1.49. The highest BCUT2D eigenvalue weighted by Crippen LogP contribution is 2.39. The van der Waals surface area contributed by atoms with E-state index in [0.717, 1.165) is 11.3 Å². The van der Waals surface area contributed by atoms with Crippen molar-refractivity contribution in [2.24, 2.45) is 0 Å². The predicted molar refractivity (Wildman–Crippen MR) is 129 cm³/mol. The van der Waals surface area contributed by atoms with Crippen molar-refractivity contribution < 1.29 is 9.90 Å². The van der Waals surface area contributed by atoms with Gasteiger partial charge >= 0.3 is 0 Å². The lowest BCUT2D eigenvalue weighted by Crippen LogP contribution is -2.26. The van der Waals surface area contributed by atoms with Gasteiger partial charge in [-0.2, -0.15) is 0 Å². The molecule has 0 radical (unpaired) electrons. The topological polar surface area (TPSA) is 123 Å². The van der Waals surface area contributed by atoms with Gasteiger partial charge in [-0.1, -0.05) is 23.7 Å². The van der Waals surface area contributed by atoms with E-state index in [9.17, 15) is 14.7 Å². The monoisotopic (exact) mass is 463 g/mol. The van der Waals surface area contributed by atoms with Gasteiger partial charge in [-0.3, -0.25) is 9.59 Å². The van der Waals surface area contributed by atoms with Gasteiger partial charge < -0.3 is 25.7 Å². The van der Waals surface area contributed by atoms with Crippen LogP contribution in [0.1, 0.15) is 31.1 Å². The first-order chi connectivity index (χ1) is 15.7. The van der Waals surface area contributed by atoms with Crippen LogP contribution in [-0.4, -0.2) is 32.5 Å². The van der Waals surface area contributed by atoms with Crippen LogP contribution in [0.2, 0.25) is 5.02 Å². The Labute approximate surface area is 194 Å². The van der Waals surface area contributed by atoms with Crippen LogP contribution in [0.25, 0.3) is 22.4 Å². The summed E-state index contributed by atoms with van der Waals surface area (Å²) in [5.74, 6) is 0.328. The molecule has 5 rings (SSSR count). The van der Waals surface area contributed by atoms with Gasteiger partial charge in [0.1, 0.15) is 11.4 Å². The van der Waals surface area contributed by atoms with Gasteiger partial charge in [-0.25, -0.2) is 4.98 Å². The smallest absolute Gasteiger partial charge is 0.261 e. The highest BCUT2D eigenvalue weighted by atomic mass is 35.5. The van der Waals surface area contributed by atoms with Crippen LogP contribution < -0.4 is 16.2 Å². The molecule has 0 aliphatic carbocycles. The molecule has 168 valence electrons. The molecule has 1 aliphatic heterocycles. The van der Waals surface area contributed by atoms with E-state index in [0.29, 0.717) is 38.7 Å². The minimum absolute atomic E-state index is 0.0605. The molecule has 2 aromatic heterocycles. The molecule has 4 aromatic rings. The molecular formula is C24H22ClN5O3. The zero-order valence-corrected chi connectivity index (χ0v) is 18.7. The number of carbonyl (C=O) groups excluding carboxylic acids is 1. The average molecular weight is 464 g/mol. The second-order valence-corrected chi connectivity index (χ2v) is 9.06. The molecule has 0 saturated heterocycles. The fourth-order valence-electron chi connectivity index (χ4n) is 4.10. The normalized spacial score (nSPS) is 15.3. The van der Waals surface area contributed by atoms with E-state index in [4.69, 9.17) is 11.6 Å². The number of hydrogen-bond acceptors (Lipinski definition) is 5. The van der Waals surface area contributed by atoms with Crippen LogP contribution in [0.3, 0.4) is 0 Å². The Morgan fingerprint density at radius 2 is 2.00 bits per heavy atom. The number of hydrogen-bond donors (Lipinski definition) is 5. The molecule has 1 aliphatic rings. The molecule has 1 amide bonds. The van der Waals surface area contributed by atoms with E-state index < -0.39 is 11.5 Å². The molecule has 0 spiro atoms. The molecule has 5 N–H and O–H groups in total. The molecule has 33 heavy (non-hydrogen) atoms. The van der Waals surface area contributed by atoms with E-state index in [1.54, 1.807) is 30.3 Å². The number of benzene rings is 2. The number of nitrogens with zero attached hydrogens (tertiary/aromatic N) is 1. The summed E-state index contributed by atoms with van der Waals surface area (Å²) in [6.45, 7) is 3.90. The third kappa shape index (κ3) is 3.67. The molecule has 2 aromatic carbocycles. The number of imidazole rings is 1. The average Bonchev–Trinajstić information content (AvgIpc) is 3.28. The SMILES string of the molecule is CC1(C)C(=O)Nc2cc3[nH]c(-c4c(NC[C@@H](O)c5cccc(Cl)c5)cc[nH]c4=O)nc3cc21. The number of aliphatic hydroxyl groups excluding tert-OH is 1. The Kier molecular flexibility index (Phi) is 4.99. The Morgan fingerprint density at radius 3 is 2.79 bits per heavy atom. The highest BCUT2D eigenvalue weighted by molar-refractivity contribution is 6.30. The van der Waals surface area contributed by atoms with Crippen molar-refractivity contribution in [3.8, 4) is 11.4 Å². The lowest BCUT2D eigenvalue weighted by atomic mass is 9.86. The van der Waals surface area contributed by atoms with Crippen molar-refractivity contribution in [1.29, 1.82) is 0 Å². The third-order valence-electron chi connectivity index (χ3n) is 6.03. The first-order valence-corrected chi connectivity index (χ1v) is 10.9. The molecule has 0 unspecified atom stereocenters. The minimum Gasteiger partial charge on any atom is -0.387 e. The maximum atomic E-state index is 12.7. The summed E-state index contributed by atoms with van der Waals surface area (Å²) in [7, 11) is 0. The maximum absolute atomic E-state index is 12.7. The Hall–Kier alpha value is -3.62. The van der Waals surface area contributed by atoms with Crippen LogP contribution in [0.15, 0.2) is 53.5 Å². The molecule has 3 heterocycles. The maximum Gasteiger partial charge on any atom is 0.261 e. The quantitative estimate of drug-likeness (QED) is 0.306. The number of anilines is 2. The first-order valence-electron chi connectivity index (χ1n) is 10.5. The van der Waals surface area contributed by atoms with Crippen LogP contribution in [0.4, 0.5) is 11.4 Å². The lowest BCUT2D eigenvalue weighted by Gasteiger charge is -2.15. The fourth-order valence-corrected chi connectivity index (χ4v) is 4.29. The summed E-state index contributed by atoms with van der Waals surface area (Å²) >= 11 is 6.02. The van der Waals surface area contributed by atoms with Gasteiger partial charge in [0.2, 0.25) is 5.91 Å². The standard InChI is InChI=1S/C24H22ClN5O3/c1-24(2)14-9-17-18(10-16(14)30-23(24)33)29-21(28-17)20-15(6-7-26-22(20)32)27-11-19(31)12-4-3-5-13(25)8-12/h3-10,19,31H,11H2,1-2H3,(H,28,29)(H,30,33)(H2,26,27,32)/t19-/m1/s1. The number of nitrogens with one attached hydrogen (secondary N) is 4. The Bertz CT molecular complexity index is 1460. The predicted octanol–water partition coefficient (Wildman–Crippen LogP) is 3.95. The number of fused-ring (bicyclic) bond motifs is 2. The van der Waals surface area contributed by atoms with Crippen molar-refractivity contribution in [2.45, 2.75) is 25.4 Å². The summed E-state index contributed by atoms with van der Waals surface area (Å²) in [6.07, 6.45) is 0.718. The highest BCUT2D eigenvalue weighted by Gasteiger charge is 2.38. The minimum atomic E-state index is -0.819. The number of rotatable bonds is 5. The Morgan fingerprint density at radius 1 is 1.18 bits per heavy atom. The number of amides is 1. The van der Waals surface area contributed by atoms with Crippen LogP contribution in [0.5, 0.6) is 0 Å². The summed E-state index contributed by atoms with van der Waals surface area (Å²) in [5.41, 5.74) is 3.50. The van der Waals surface area contributed by atoms with E-state index >= 15 is 0 Å². The summed E-state index contributed by atoms with van der Waals surface area (Å²) in [5, 5.41) is 17.1. The molecule has 9 heteroatoms. The molecular weight excluding hydrogens is 442 g/mol. The number of pyridine rings is 1. The number of H-pyrrole nitrogens is 2. The second-order valence-electron chi connectivity index (χ2n) is 8.63.